The number of carbonyl (C=O) groups is 1. The number of hydrogen-bond donors (Lipinski definition) is 1. The number of benzene rings is 2. The van der Waals surface area contributed by atoms with Crippen LogP contribution < -0.4 is 4.90 Å². The molecule has 0 aliphatic heterocycles. The summed E-state index contributed by atoms with van der Waals surface area (Å²) >= 11 is 0. The van der Waals surface area contributed by atoms with Crippen molar-refractivity contribution >= 4 is 22.9 Å². The Morgan fingerprint density at radius 2 is 1.81 bits per heavy atom. The highest BCUT2D eigenvalue weighted by Crippen LogP contribution is 2.42. The molecule has 27 heavy (non-hydrogen) atoms. The molecule has 0 aromatic heterocycles. The highest BCUT2D eigenvalue weighted by molar-refractivity contribution is 5.88. The van der Waals surface area contributed by atoms with Crippen LogP contribution in [0.1, 0.15) is 67.6 Å². The fourth-order valence-electron chi connectivity index (χ4n) is 3.90. The Morgan fingerprint density at radius 3 is 2.41 bits per heavy atom. The van der Waals surface area contributed by atoms with Crippen molar-refractivity contribution in [2.24, 2.45) is 0 Å². The Labute approximate surface area is 162 Å². The third kappa shape index (κ3) is 3.64. The molecule has 2 aromatic carbocycles. The molecule has 1 aliphatic carbocycles. The van der Waals surface area contributed by atoms with E-state index in [4.69, 9.17) is 0 Å². The summed E-state index contributed by atoms with van der Waals surface area (Å²) in [7, 11) is 0. The van der Waals surface area contributed by atoms with Crippen LogP contribution in [0.25, 0.3) is 5.57 Å². The molecule has 0 spiro atoms. The second kappa shape index (κ2) is 7.22. The highest BCUT2D eigenvalue weighted by atomic mass is 16.4. The van der Waals surface area contributed by atoms with E-state index in [0.717, 1.165) is 25.1 Å². The van der Waals surface area contributed by atoms with E-state index in [1.165, 1.54) is 28.0 Å². The molecule has 0 heterocycles. The summed E-state index contributed by atoms with van der Waals surface area (Å²) in [5.41, 5.74) is 8.02. The molecule has 3 rings (SSSR count). The van der Waals surface area contributed by atoms with Crippen LogP contribution >= 0.6 is 0 Å². The van der Waals surface area contributed by atoms with Gasteiger partial charge in [-0.05, 0) is 90.8 Å². The average Bonchev–Trinajstić information content (AvgIpc) is 2.63. The molecule has 1 N–H and O–H groups in total. The lowest BCUT2D eigenvalue weighted by Crippen LogP contribution is -2.24. The smallest absolute Gasteiger partial charge is 0.335 e. The molecular formula is C24H29NO2. The number of carboxylic acid groups (broad SMARTS) is 1. The maximum Gasteiger partial charge on any atom is 0.335 e. The molecular weight excluding hydrogens is 334 g/mol. The molecule has 1 aliphatic rings. The van der Waals surface area contributed by atoms with Crippen LogP contribution in [-0.2, 0) is 5.41 Å². The minimum absolute atomic E-state index is 0.113. The van der Waals surface area contributed by atoms with Gasteiger partial charge < -0.3 is 10.0 Å². The van der Waals surface area contributed by atoms with E-state index >= 15 is 0 Å². The minimum atomic E-state index is -0.891. The fourth-order valence-corrected chi connectivity index (χ4v) is 3.90. The molecule has 0 atom stereocenters. The molecule has 0 amide bonds. The molecule has 3 heteroatoms. The van der Waals surface area contributed by atoms with Crippen molar-refractivity contribution in [2.45, 2.75) is 52.9 Å². The minimum Gasteiger partial charge on any atom is -0.478 e. The molecule has 0 bridgehead atoms. The molecule has 0 radical (unpaired) electrons. The number of fused-ring (bicyclic) bond motifs is 1. The van der Waals surface area contributed by atoms with Gasteiger partial charge in [-0.2, -0.15) is 0 Å². The highest BCUT2D eigenvalue weighted by Gasteiger charge is 2.28. The maximum absolute atomic E-state index is 11.2. The van der Waals surface area contributed by atoms with Crippen LogP contribution in [0.3, 0.4) is 0 Å². The van der Waals surface area contributed by atoms with Crippen molar-refractivity contribution in [3.05, 3.63) is 64.7 Å². The van der Waals surface area contributed by atoms with E-state index in [-0.39, 0.29) is 5.41 Å². The summed E-state index contributed by atoms with van der Waals surface area (Å²) in [4.78, 5) is 13.5. The lowest BCUT2D eigenvalue weighted by molar-refractivity contribution is 0.0697. The normalized spacial score (nSPS) is 15.1. The number of anilines is 2. The molecule has 0 saturated carbocycles. The number of nitrogens with zero attached hydrogens (tertiary/aromatic N) is 1. The van der Waals surface area contributed by atoms with Crippen molar-refractivity contribution in [1.82, 2.24) is 0 Å². The predicted octanol–water partition coefficient (Wildman–Crippen LogP) is 6.33. The number of hydrogen-bond acceptors (Lipinski definition) is 2. The number of aromatic carboxylic acids is 1. The van der Waals surface area contributed by atoms with Gasteiger partial charge in [0.2, 0.25) is 0 Å². The van der Waals surface area contributed by atoms with Crippen LogP contribution in [0.15, 0.2) is 42.5 Å². The van der Waals surface area contributed by atoms with Crippen molar-refractivity contribution in [2.75, 3.05) is 11.4 Å². The number of carboxylic acids is 1. The Morgan fingerprint density at radius 1 is 1.15 bits per heavy atom. The summed E-state index contributed by atoms with van der Waals surface area (Å²) in [6.07, 6.45) is 4.41. The van der Waals surface area contributed by atoms with E-state index in [2.05, 4.69) is 57.7 Å². The molecule has 0 saturated heterocycles. The van der Waals surface area contributed by atoms with Crippen molar-refractivity contribution in [3.8, 4) is 0 Å². The van der Waals surface area contributed by atoms with Gasteiger partial charge >= 0.3 is 5.97 Å². The summed E-state index contributed by atoms with van der Waals surface area (Å²) in [5, 5.41) is 9.17. The van der Waals surface area contributed by atoms with Crippen LogP contribution in [-0.4, -0.2) is 17.6 Å². The van der Waals surface area contributed by atoms with Crippen molar-refractivity contribution in [3.63, 3.8) is 0 Å². The Balaban J connectivity index is 2.11. The van der Waals surface area contributed by atoms with Gasteiger partial charge in [-0.3, -0.25) is 0 Å². The second-order valence-electron chi connectivity index (χ2n) is 8.16. The molecule has 142 valence electrons. The summed E-state index contributed by atoms with van der Waals surface area (Å²) in [6.45, 7) is 12.0. The third-order valence-electron chi connectivity index (χ3n) is 5.57. The summed E-state index contributed by atoms with van der Waals surface area (Å²) < 4.78 is 0. The first-order valence-corrected chi connectivity index (χ1v) is 9.67. The third-order valence-corrected chi connectivity index (χ3v) is 5.57. The zero-order valence-electron chi connectivity index (χ0n) is 17.0. The average molecular weight is 364 g/mol. The first kappa shape index (κ1) is 19.2. The van der Waals surface area contributed by atoms with Gasteiger partial charge in [0.1, 0.15) is 0 Å². The quantitative estimate of drug-likeness (QED) is 0.675. The van der Waals surface area contributed by atoms with E-state index in [1.54, 1.807) is 12.1 Å². The zero-order chi connectivity index (χ0) is 19.8. The SMILES string of the molecule is CCCN(c1ccc(C(=O)O)cc1)c1cc2c(cc1C)C(C)=CCC2(C)C. The molecule has 3 nitrogen and oxygen atoms in total. The molecule has 0 unspecified atom stereocenters. The van der Waals surface area contributed by atoms with Crippen molar-refractivity contribution < 1.29 is 9.90 Å². The van der Waals surface area contributed by atoms with Crippen molar-refractivity contribution in [1.29, 1.82) is 0 Å². The van der Waals surface area contributed by atoms with Crippen LogP contribution in [0.5, 0.6) is 0 Å². The summed E-state index contributed by atoms with van der Waals surface area (Å²) in [6, 6.07) is 11.9. The van der Waals surface area contributed by atoms with Gasteiger partial charge in [0.05, 0.1) is 5.56 Å². The first-order chi connectivity index (χ1) is 12.7. The lowest BCUT2D eigenvalue weighted by atomic mass is 9.73. The Hall–Kier alpha value is -2.55. The van der Waals surface area contributed by atoms with Crippen LogP contribution in [0, 0.1) is 6.92 Å². The van der Waals surface area contributed by atoms with E-state index < -0.39 is 5.97 Å². The van der Waals surface area contributed by atoms with Gasteiger partial charge in [0.15, 0.2) is 0 Å². The second-order valence-corrected chi connectivity index (χ2v) is 8.16. The van der Waals surface area contributed by atoms with Gasteiger partial charge in [-0.25, -0.2) is 4.79 Å². The molecule has 0 fully saturated rings. The Bertz CT molecular complexity index is 891. The predicted molar refractivity (Wildman–Crippen MR) is 113 cm³/mol. The van der Waals surface area contributed by atoms with Crippen LogP contribution in [0.2, 0.25) is 0 Å². The van der Waals surface area contributed by atoms with Crippen LogP contribution in [0.4, 0.5) is 11.4 Å². The topological polar surface area (TPSA) is 40.5 Å². The fraction of sp³-hybridized carbons (Fsp3) is 0.375. The van der Waals surface area contributed by atoms with Gasteiger partial charge in [-0.1, -0.05) is 26.8 Å². The number of allylic oxidation sites excluding steroid dienone is 2. The van der Waals surface area contributed by atoms with E-state index in [0.29, 0.717) is 5.56 Å². The molecule has 2 aromatic rings. The lowest BCUT2D eigenvalue weighted by Gasteiger charge is -2.35. The number of aryl methyl sites for hydroxylation is 1. The standard InChI is InChI=1S/C24H29NO2/c1-6-13-25(19-9-7-18(8-10-19)23(26)27)22-15-21-20(14-17(22)3)16(2)11-12-24(21,4)5/h7-11,14-15H,6,12-13H2,1-5H3,(H,26,27). The van der Waals surface area contributed by atoms with Gasteiger partial charge in [0, 0.05) is 17.9 Å². The largest absolute Gasteiger partial charge is 0.478 e. The monoisotopic (exact) mass is 363 g/mol. The van der Waals surface area contributed by atoms with Gasteiger partial charge in [-0.15, -0.1) is 0 Å². The van der Waals surface area contributed by atoms with E-state index in [9.17, 15) is 9.90 Å². The summed E-state index contributed by atoms with van der Waals surface area (Å²) in [5.74, 6) is -0.891. The number of rotatable bonds is 5. The van der Waals surface area contributed by atoms with E-state index in [1.807, 2.05) is 12.1 Å². The Kier molecular flexibility index (Phi) is 5.14. The zero-order valence-corrected chi connectivity index (χ0v) is 17.0. The van der Waals surface area contributed by atoms with Gasteiger partial charge in [0.25, 0.3) is 0 Å². The maximum atomic E-state index is 11.2. The first-order valence-electron chi connectivity index (χ1n) is 9.67.